The fraction of sp³-hybridized carbons (Fsp3) is 0.304. The lowest BCUT2D eigenvalue weighted by Crippen LogP contribution is -2.41. The first kappa shape index (κ1) is 21.9. The number of hydrogen-bond donors (Lipinski definition) is 3. The molecule has 0 bridgehead atoms. The molecule has 4 rings (SSSR count). The lowest BCUT2D eigenvalue weighted by atomic mass is 9.79. The van der Waals surface area contributed by atoms with E-state index in [4.69, 9.17) is 14.0 Å². The zero-order valence-electron chi connectivity index (χ0n) is 18.5. The van der Waals surface area contributed by atoms with Crippen molar-refractivity contribution >= 4 is 24.1 Å². The Morgan fingerprint density at radius 1 is 0.906 bits per heavy atom. The summed E-state index contributed by atoms with van der Waals surface area (Å²) in [6, 6.07) is 16.5. The molecule has 3 N–H and O–H groups in total. The lowest BCUT2D eigenvalue weighted by Gasteiger charge is -2.32. The van der Waals surface area contributed by atoms with Gasteiger partial charge in [-0.25, -0.2) is 4.79 Å². The number of rotatable bonds is 6. The number of H-pyrrole nitrogens is 2. The molecule has 2 aromatic carbocycles. The zero-order valence-corrected chi connectivity index (χ0v) is 18.5. The van der Waals surface area contributed by atoms with Gasteiger partial charge in [-0.2, -0.15) is 0 Å². The molecule has 8 nitrogen and oxygen atoms in total. The van der Waals surface area contributed by atoms with Crippen molar-refractivity contribution in [3.63, 3.8) is 0 Å². The lowest BCUT2D eigenvalue weighted by molar-refractivity contribution is 0.00578. The second-order valence-electron chi connectivity index (χ2n) is 8.77. The summed E-state index contributed by atoms with van der Waals surface area (Å²) in [5.41, 5.74) is 0.933. The third-order valence-electron chi connectivity index (χ3n) is 5.80. The van der Waals surface area contributed by atoms with Crippen LogP contribution < -0.4 is 26.8 Å². The number of nitrogens with one attached hydrogen (secondary N) is 3. The number of anilines is 2. The van der Waals surface area contributed by atoms with Gasteiger partial charge in [0.15, 0.2) is 0 Å². The SMILES string of the molecule is CC1(C)OB(c2ccc(COc3ccc(Nc4cc(=O)[nH]c(=O)[nH]4)cc3)cc2)OC1(C)C. The summed E-state index contributed by atoms with van der Waals surface area (Å²) in [6.07, 6.45) is 0. The Labute approximate surface area is 186 Å². The van der Waals surface area contributed by atoms with Gasteiger partial charge in [-0.05, 0) is 63.0 Å². The molecule has 1 aliphatic rings. The van der Waals surface area contributed by atoms with Crippen LogP contribution in [0.4, 0.5) is 11.5 Å². The van der Waals surface area contributed by atoms with Gasteiger partial charge in [0.2, 0.25) is 0 Å². The van der Waals surface area contributed by atoms with E-state index in [-0.39, 0.29) is 18.3 Å². The van der Waals surface area contributed by atoms with Gasteiger partial charge in [0, 0.05) is 11.8 Å². The van der Waals surface area contributed by atoms with E-state index in [9.17, 15) is 9.59 Å². The first-order valence-electron chi connectivity index (χ1n) is 10.4. The van der Waals surface area contributed by atoms with Crippen LogP contribution in [0.3, 0.4) is 0 Å². The van der Waals surface area contributed by atoms with Crippen LogP contribution in [0.2, 0.25) is 0 Å². The fourth-order valence-electron chi connectivity index (χ4n) is 3.24. The minimum Gasteiger partial charge on any atom is -0.489 e. The minimum absolute atomic E-state index is 0.314. The first-order chi connectivity index (χ1) is 15.1. The van der Waals surface area contributed by atoms with E-state index in [1.807, 2.05) is 64.1 Å². The van der Waals surface area contributed by atoms with Crippen LogP contribution >= 0.6 is 0 Å². The van der Waals surface area contributed by atoms with Crippen molar-refractivity contribution in [3.8, 4) is 5.75 Å². The van der Waals surface area contributed by atoms with E-state index < -0.39 is 11.2 Å². The molecule has 1 aromatic heterocycles. The first-order valence-corrected chi connectivity index (χ1v) is 10.4. The summed E-state index contributed by atoms with van der Waals surface area (Å²) >= 11 is 0. The third-order valence-corrected chi connectivity index (χ3v) is 5.80. The Hall–Kier alpha value is -3.30. The van der Waals surface area contributed by atoms with E-state index in [0.29, 0.717) is 23.9 Å². The maximum atomic E-state index is 11.4. The van der Waals surface area contributed by atoms with Gasteiger partial charge in [0.1, 0.15) is 18.2 Å². The van der Waals surface area contributed by atoms with Crippen LogP contribution in [0, 0.1) is 0 Å². The normalized spacial score (nSPS) is 16.7. The predicted octanol–water partition coefficient (Wildman–Crippen LogP) is 2.69. The molecule has 0 amide bonds. The van der Waals surface area contributed by atoms with Crippen molar-refractivity contribution < 1.29 is 14.0 Å². The maximum Gasteiger partial charge on any atom is 0.494 e. The molecule has 32 heavy (non-hydrogen) atoms. The molecule has 166 valence electrons. The Kier molecular flexibility index (Phi) is 5.71. The van der Waals surface area contributed by atoms with Crippen molar-refractivity contribution in [1.82, 2.24) is 9.97 Å². The van der Waals surface area contributed by atoms with Crippen molar-refractivity contribution in [2.75, 3.05) is 5.32 Å². The predicted molar refractivity (Wildman–Crippen MR) is 124 cm³/mol. The molecule has 2 heterocycles. The van der Waals surface area contributed by atoms with Crippen LogP contribution in [-0.2, 0) is 15.9 Å². The number of aromatic nitrogens is 2. The van der Waals surface area contributed by atoms with Gasteiger partial charge in [-0.1, -0.05) is 24.3 Å². The fourth-order valence-corrected chi connectivity index (χ4v) is 3.24. The van der Waals surface area contributed by atoms with Crippen LogP contribution in [0.15, 0.2) is 64.2 Å². The molecule has 1 aliphatic heterocycles. The summed E-state index contributed by atoms with van der Waals surface area (Å²) in [5.74, 6) is 1.01. The van der Waals surface area contributed by atoms with Gasteiger partial charge >= 0.3 is 12.8 Å². The molecule has 0 saturated carbocycles. The van der Waals surface area contributed by atoms with Crippen LogP contribution in [0.1, 0.15) is 33.3 Å². The number of hydrogen-bond acceptors (Lipinski definition) is 6. The standard InChI is InChI=1S/C23H26BN3O5/c1-22(2)23(3,4)32-24(31-22)16-7-5-15(6-8-16)14-30-18-11-9-17(10-12-18)25-19-13-20(28)27-21(29)26-19/h5-13H,14H2,1-4H3,(H3,25,26,27,28,29). The van der Waals surface area contributed by atoms with Crippen LogP contribution in [0.25, 0.3) is 0 Å². The highest BCUT2D eigenvalue weighted by Gasteiger charge is 2.51. The Balaban J connectivity index is 1.34. The topological polar surface area (TPSA) is 105 Å². The summed E-state index contributed by atoms with van der Waals surface area (Å²) in [4.78, 5) is 27.4. The molecule has 9 heteroatoms. The van der Waals surface area contributed by atoms with E-state index in [1.54, 1.807) is 12.1 Å². The number of benzene rings is 2. The van der Waals surface area contributed by atoms with E-state index >= 15 is 0 Å². The molecule has 0 aliphatic carbocycles. The highest BCUT2D eigenvalue weighted by Crippen LogP contribution is 2.36. The minimum atomic E-state index is -0.565. The second kappa shape index (κ2) is 8.33. The highest BCUT2D eigenvalue weighted by atomic mass is 16.7. The van der Waals surface area contributed by atoms with Gasteiger partial charge in [-0.3, -0.25) is 14.8 Å². The largest absolute Gasteiger partial charge is 0.494 e. The summed E-state index contributed by atoms with van der Waals surface area (Å²) < 4.78 is 18.0. The molecular formula is C23H26BN3O5. The van der Waals surface area contributed by atoms with Gasteiger partial charge < -0.3 is 19.4 Å². The third kappa shape index (κ3) is 4.79. The van der Waals surface area contributed by atoms with E-state index in [0.717, 1.165) is 11.0 Å². The summed E-state index contributed by atoms with van der Waals surface area (Å²) in [7, 11) is -0.384. The van der Waals surface area contributed by atoms with Gasteiger partial charge in [0.25, 0.3) is 5.56 Å². The summed E-state index contributed by atoms with van der Waals surface area (Å²) in [5, 5.41) is 2.98. The van der Waals surface area contributed by atoms with Gasteiger partial charge in [-0.15, -0.1) is 0 Å². The van der Waals surface area contributed by atoms with Crippen molar-refractivity contribution in [2.45, 2.75) is 45.5 Å². The molecule has 0 radical (unpaired) electrons. The molecule has 0 unspecified atom stereocenters. The average Bonchev–Trinajstić information content (AvgIpc) is 2.94. The van der Waals surface area contributed by atoms with Crippen molar-refractivity contribution in [1.29, 1.82) is 0 Å². The molecule has 1 fully saturated rings. The number of ether oxygens (including phenoxy) is 1. The average molecular weight is 435 g/mol. The molecule has 0 atom stereocenters. The quantitative estimate of drug-likeness (QED) is 0.515. The van der Waals surface area contributed by atoms with E-state index in [2.05, 4.69) is 15.3 Å². The van der Waals surface area contributed by atoms with Crippen molar-refractivity contribution in [2.24, 2.45) is 0 Å². The Morgan fingerprint density at radius 3 is 2.12 bits per heavy atom. The van der Waals surface area contributed by atoms with Crippen molar-refractivity contribution in [3.05, 3.63) is 81.0 Å². The second-order valence-corrected chi connectivity index (χ2v) is 8.77. The maximum absolute atomic E-state index is 11.4. The Morgan fingerprint density at radius 2 is 1.53 bits per heavy atom. The number of aromatic amines is 2. The van der Waals surface area contributed by atoms with E-state index in [1.165, 1.54) is 6.07 Å². The molecule has 0 spiro atoms. The molecule has 3 aromatic rings. The smallest absolute Gasteiger partial charge is 0.489 e. The monoisotopic (exact) mass is 435 g/mol. The highest BCUT2D eigenvalue weighted by molar-refractivity contribution is 6.62. The zero-order chi connectivity index (χ0) is 22.9. The molecule has 1 saturated heterocycles. The van der Waals surface area contributed by atoms with Crippen LogP contribution in [0.5, 0.6) is 5.75 Å². The Bertz CT molecular complexity index is 1160. The van der Waals surface area contributed by atoms with Crippen LogP contribution in [-0.4, -0.2) is 28.3 Å². The summed E-state index contributed by atoms with van der Waals surface area (Å²) in [6.45, 7) is 8.56. The molecular weight excluding hydrogens is 409 g/mol. The van der Waals surface area contributed by atoms with Gasteiger partial charge in [0.05, 0.1) is 11.2 Å².